The largest absolute Gasteiger partial charge is 0.463 e. The lowest BCUT2D eigenvalue weighted by Gasteiger charge is -2.26. The summed E-state index contributed by atoms with van der Waals surface area (Å²) in [5, 5.41) is 12.6. The van der Waals surface area contributed by atoms with Gasteiger partial charge in [0, 0.05) is 19.5 Å². The summed E-state index contributed by atoms with van der Waals surface area (Å²) >= 11 is 0. The number of aliphatic hydroxyl groups is 1. The van der Waals surface area contributed by atoms with Crippen LogP contribution >= 0.6 is 0 Å². The quantitative estimate of drug-likeness (QED) is 0.139. The van der Waals surface area contributed by atoms with E-state index in [-0.39, 0.29) is 50.2 Å². The number of carbonyl (C=O) groups is 3. The number of ether oxygens (including phenoxy) is 1. The van der Waals surface area contributed by atoms with E-state index in [9.17, 15) is 23.9 Å². The Hall–Kier alpha value is -4.56. The molecule has 8 heteroatoms. The molecule has 2 amide bonds. The van der Waals surface area contributed by atoms with Crippen LogP contribution in [0.25, 0.3) is 0 Å². The molecule has 0 aliphatic rings. The predicted octanol–water partition coefficient (Wildman–Crippen LogP) is 5.43. The second-order valence-electron chi connectivity index (χ2n) is 11.0. The number of hydrogen-bond donors (Lipinski definition) is 2. The number of benzene rings is 3. The van der Waals surface area contributed by atoms with Crippen molar-refractivity contribution in [1.82, 2.24) is 10.2 Å². The SMILES string of the molecule is C=CC[C@@H](CC(=O)N(CCO)Cc1ccccc1)C(=O)N[C@@H](COC(=O)[C@@H](CC=C)Cc1ccc(F)cc1)Cc1ccccc1. The van der Waals surface area contributed by atoms with Gasteiger partial charge in [-0.25, -0.2) is 4.39 Å². The van der Waals surface area contributed by atoms with Crippen LogP contribution in [0.4, 0.5) is 4.39 Å². The maximum Gasteiger partial charge on any atom is 0.309 e. The summed E-state index contributed by atoms with van der Waals surface area (Å²) in [6.45, 7) is 7.73. The number of rotatable bonds is 19. The van der Waals surface area contributed by atoms with E-state index in [1.165, 1.54) is 12.1 Å². The fourth-order valence-electron chi connectivity index (χ4n) is 5.08. The van der Waals surface area contributed by atoms with E-state index in [1.54, 1.807) is 29.2 Å². The summed E-state index contributed by atoms with van der Waals surface area (Å²) in [5.74, 6) is -2.62. The van der Waals surface area contributed by atoms with Crippen molar-refractivity contribution in [2.45, 2.75) is 44.7 Å². The monoisotopic (exact) mass is 614 g/mol. The number of halogens is 1. The van der Waals surface area contributed by atoms with Crippen LogP contribution in [0.2, 0.25) is 0 Å². The van der Waals surface area contributed by atoms with Crippen LogP contribution in [-0.2, 0) is 38.5 Å². The van der Waals surface area contributed by atoms with Gasteiger partial charge in [-0.2, -0.15) is 0 Å². The molecule has 0 bridgehead atoms. The number of esters is 1. The molecule has 0 aliphatic heterocycles. The van der Waals surface area contributed by atoms with Crippen molar-refractivity contribution < 1.29 is 28.6 Å². The molecule has 0 aromatic heterocycles. The summed E-state index contributed by atoms with van der Waals surface area (Å²) in [7, 11) is 0. The molecule has 3 aromatic rings. The Morgan fingerprint density at radius 2 is 1.40 bits per heavy atom. The van der Waals surface area contributed by atoms with Crippen LogP contribution < -0.4 is 5.32 Å². The molecule has 7 nitrogen and oxygen atoms in total. The highest BCUT2D eigenvalue weighted by Gasteiger charge is 2.27. The normalized spacial score (nSPS) is 12.8. The van der Waals surface area contributed by atoms with E-state index in [0.29, 0.717) is 25.8 Å². The van der Waals surface area contributed by atoms with Gasteiger partial charge >= 0.3 is 5.97 Å². The van der Waals surface area contributed by atoms with Gasteiger partial charge in [0.05, 0.1) is 24.5 Å². The first-order valence-corrected chi connectivity index (χ1v) is 15.2. The van der Waals surface area contributed by atoms with Crippen molar-refractivity contribution in [2.24, 2.45) is 11.8 Å². The van der Waals surface area contributed by atoms with Gasteiger partial charge in [0.15, 0.2) is 0 Å². The van der Waals surface area contributed by atoms with E-state index < -0.39 is 23.8 Å². The van der Waals surface area contributed by atoms with Crippen molar-refractivity contribution in [1.29, 1.82) is 0 Å². The molecule has 45 heavy (non-hydrogen) atoms. The minimum absolute atomic E-state index is 0.0678. The van der Waals surface area contributed by atoms with Gasteiger partial charge in [-0.15, -0.1) is 13.2 Å². The van der Waals surface area contributed by atoms with Crippen LogP contribution in [0.1, 0.15) is 36.0 Å². The molecule has 2 N–H and O–H groups in total. The molecule has 0 aliphatic carbocycles. The first-order valence-electron chi connectivity index (χ1n) is 15.2. The van der Waals surface area contributed by atoms with E-state index in [0.717, 1.165) is 16.7 Å². The predicted molar refractivity (Wildman–Crippen MR) is 173 cm³/mol. The molecule has 0 heterocycles. The highest BCUT2D eigenvalue weighted by atomic mass is 19.1. The number of aliphatic hydroxyl groups excluding tert-OH is 1. The first kappa shape index (κ1) is 34.9. The molecular formula is C37H43FN2O5. The molecule has 3 atom stereocenters. The molecule has 3 rings (SSSR count). The zero-order chi connectivity index (χ0) is 32.4. The van der Waals surface area contributed by atoms with Crippen LogP contribution in [0.15, 0.2) is 110 Å². The Kier molecular flexibility index (Phi) is 14.7. The lowest BCUT2D eigenvalue weighted by Crippen LogP contribution is -2.45. The van der Waals surface area contributed by atoms with Crippen molar-refractivity contribution in [2.75, 3.05) is 19.8 Å². The average Bonchev–Trinajstić information content (AvgIpc) is 3.04. The summed E-state index contributed by atoms with van der Waals surface area (Å²) < 4.78 is 19.1. The summed E-state index contributed by atoms with van der Waals surface area (Å²) in [6.07, 6.45) is 4.60. The van der Waals surface area contributed by atoms with E-state index >= 15 is 0 Å². The number of nitrogens with zero attached hydrogens (tertiary/aromatic N) is 1. The minimum atomic E-state index is -0.701. The summed E-state index contributed by atoms with van der Waals surface area (Å²) in [4.78, 5) is 41.6. The Balaban J connectivity index is 1.70. The third-order valence-electron chi connectivity index (χ3n) is 7.46. The average molecular weight is 615 g/mol. The standard InChI is InChI=1S/C37H43FN2O5/c1-3-11-31(25-35(42)40(21-22-41)26-30-15-9-6-10-16-30)36(43)39-34(24-28-13-7-5-8-14-28)27-45-37(44)32(12-4-2)23-29-17-19-33(38)20-18-29/h3-10,13-20,31-32,34,41H,1-2,11-12,21-27H2,(H,39,43)/t31-,32-,34+/m0/s1. The minimum Gasteiger partial charge on any atom is -0.463 e. The number of hydrogen-bond acceptors (Lipinski definition) is 5. The van der Waals surface area contributed by atoms with Crippen LogP contribution in [0.3, 0.4) is 0 Å². The highest BCUT2D eigenvalue weighted by Crippen LogP contribution is 2.18. The molecular weight excluding hydrogens is 571 g/mol. The Labute approximate surface area is 265 Å². The van der Waals surface area contributed by atoms with Crippen molar-refractivity contribution in [3.8, 4) is 0 Å². The van der Waals surface area contributed by atoms with Gasteiger partial charge in [-0.1, -0.05) is 84.9 Å². The lowest BCUT2D eigenvalue weighted by atomic mass is 9.96. The Bertz CT molecular complexity index is 1360. The van der Waals surface area contributed by atoms with Crippen molar-refractivity contribution in [3.63, 3.8) is 0 Å². The fourth-order valence-corrected chi connectivity index (χ4v) is 5.08. The molecule has 0 saturated carbocycles. The van der Waals surface area contributed by atoms with Gasteiger partial charge in [0.2, 0.25) is 11.8 Å². The number of carbonyl (C=O) groups excluding carboxylic acids is 3. The van der Waals surface area contributed by atoms with Gasteiger partial charge in [0.1, 0.15) is 12.4 Å². The zero-order valence-electron chi connectivity index (χ0n) is 25.7. The molecule has 0 radical (unpaired) electrons. The second-order valence-corrected chi connectivity index (χ2v) is 11.0. The maximum absolute atomic E-state index is 13.6. The van der Waals surface area contributed by atoms with Crippen LogP contribution in [-0.4, -0.2) is 53.6 Å². The molecule has 0 unspecified atom stereocenters. The third kappa shape index (κ3) is 12.2. The first-order chi connectivity index (χ1) is 21.8. The number of nitrogens with one attached hydrogen (secondary N) is 1. The Morgan fingerprint density at radius 1 is 0.822 bits per heavy atom. The smallest absolute Gasteiger partial charge is 0.309 e. The van der Waals surface area contributed by atoms with E-state index in [4.69, 9.17) is 4.74 Å². The summed E-state index contributed by atoms with van der Waals surface area (Å²) in [5.41, 5.74) is 2.66. The Morgan fingerprint density at radius 3 is 2.00 bits per heavy atom. The molecule has 3 aromatic carbocycles. The zero-order valence-corrected chi connectivity index (χ0v) is 25.7. The van der Waals surface area contributed by atoms with E-state index in [1.807, 2.05) is 60.7 Å². The molecule has 0 fully saturated rings. The second kappa shape index (κ2) is 19.0. The maximum atomic E-state index is 13.6. The highest BCUT2D eigenvalue weighted by molar-refractivity contribution is 5.86. The van der Waals surface area contributed by atoms with Crippen LogP contribution in [0, 0.1) is 17.7 Å². The summed E-state index contributed by atoms with van der Waals surface area (Å²) in [6, 6.07) is 24.4. The number of amides is 2. The van der Waals surface area contributed by atoms with Gasteiger partial charge < -0.3 is 20.1 Å². The van der Waals surface area contributed by atoms with Crippen LogP contribution in [0.5, 0.6) is 0 Å². The third-order valence-corrected chi connectivity index (χ3v) is 7.46. The lowest BCUT2D eigenvalue weighted by molar-refractivity contribution is -0.149. The van der Waals surface area contributed by atoms with Gasteiger partial charge in [-0.3, -0.25) is 14.4 Å². The van der Waals surface area contributed by atoms with Crippen molar-refractivity contribution in [3.05, 3.63) is 133 Å². The molecule has 0 spiro atoms. The van der Waals surface area contributed by atoms with Gasteiger partial charge in [0.25, 0.3) is 0 Å². The fraction of sp³-hybridized carbons (Fsp3) is 0.324. The molecule has 0 saturated heterocycles. The number of allylic oxidation sites excluding steroid dienone is 2. The van der Waals surface area contributed by atoms with Gasteiger partial charge in [-0.05, 0) is 54.5 Å². The topological polar surface area (TPSA) is 95.9 Å². The molecule has 238 valence electrons. The van der Waals surface area contributed by atoms with E-state index in [2.05, 4.69) is 18.5 Å². The van der Waals surface area contributed by atoms with Crippen molar-refractivity contribution >= 4 is 17.8 Å².